The number of hydrogen-bond donors (Lipinski definition) is 2. The van der Waals surface area contributed by atoms with Crippen LogP contribution in [0.1, 0.15) is 24.2 Å². The predicted octanol–water partition coefficient (Wildman–Crippen LogP) is 4.08. The molecule has 2 rings (SSSR count). The summed E-state index contributed by atoms with van der Waals surface area (Å²) in [6.07, 6.45) is 1.17. The van der Waals surface area contributed by atoms with Gasteiger partial charge in [-0.1, -0.05) is 11.6 Å². The van der Waals surface area contributed by atoms with Crippen molar-refractivity contribution in [2.75, 3.05) is 24.9 Å². The molecule has 2 N–H and O–H groups in total. The molecule has 0 fully saturated rings. The molecule has 152 valence electrons. The summed E-state index contributed by atoms with van der Waals surface area (Å²) < 4.78 is 10.4. The van der Waals surface area contributed by atoms with Gasteiger partial charge in [-0.3, -0.25) is 14.4 Å². The van der Waals surface area contributed by atoms with Gasteiger partial charge < -0.3 is 20.1 Å². The fraction of sp³-hybridized carbons (Fsp3) is 0.190. The van der Waals surface area contributed by atoms with Crippen LogP contribution in [-0.4, -0.2) is 31.8 Å². The summed E-state index contributed by atoms with van der Waals surface area (Å²) in [6, 6.07) is 9.50. The lowest BCUT2D eigenvalue weighted by Crippen LogP contribution is -2.16. The zero-order chi connectivity index (χ0) is 21.6. The van der Waals surface area contributed by atoms with Gasteiger partial charge >= 0.3 is 0 Å². The number of benzene rings is 2. The van der Waals surface area contributed by atoms with E-state index < -0.39 is 11.8 Å². The van der Waals surface area contributed by atoms with Crippen molar-refractivity contribution in [1.82, 2.24) is 0 Å². The summed E-state index contributed by atoms with van der Waals surface area (Å²) >= 11 is 6.05. The van der Waals surface area contributed by atoms with Gasteiger partial charge in [0.1, 0.15) is 11.5 Å². The quantitative estimate of drug-likeness (QED) is 0.524. The number of ketones is 1. The van der Waals surface area contributed by atoms with Gasteiger partial charge in [0.2, 0.25) is 5.91 Å². The third-order valence-electron chi connectivity index (χ3n) is 3.99. The monoisotopic (exact) mass is 416 g/mol. The Morgan fingerprint density at radius 1 is 0.931 bits per heavy atom. The predicted molar refractivity (Wildman–Crippen MR) is 112 cm³/mol. The first-order valence-electron chi connectivity index (χ1n) is 8.58. The second kappa shape index (κ2) is 9.75. The molecule has 0 unspecified atom stereocenters. The van der Waals surface area contributed by atoms with Crippen LogP contribution in [0.15, 0.2) is 48.0 Å². The van der Waals surface area contributed by atoms with Crippen molar-refractivity contribution in [2.24, 2.45) is 0 Å². The standard InChI is InChI=1S/C21H21ClN2O5/c1-12(9-20(26)23-15-7-5-14(6-8-15)13(2)25)21(27)24-17-11-18(28-3)16(22)10-19(17)29-4/h5-11H,1-4H3,(H,23,26)(H,24,27)/b12-9-. The van der Waals surface area contributed by atoms with E-state index in [1.54, 1.807) is 24.3 Å². The molecule has 0 saturated carbocycles. The molecule has 8 heteroatoms. The first-order chi connectivity index (χ1) is 13.7. The molecule has 0 spiro atoms. The summed E-state index contributed by atoms with van der Waals surface area (Å²) in [4.78, 5) is 35.9. The molecule has 2 amide bonds. The van der Waals surface area contributed by atoms with Gasteiger partial charge in [-0.05, 0) is 38.1 Å². The van der Waals surface area contributed by atoms with Gasteiger partial charge in [0.15, 0.2) is 5.78 Å². The average Bonchev–Trinajstić information content (AvgIpc) is 2.69. The fourth-order valence-corrected chi connectivity index (χ4v) is 2.64. The van der Waals surface area contributed by atoms with E-state index in [2.05, 4.69) is 10.6 Å². The van der Waals surface area contributed by atoms with Crippen LogP contribution in [0.4, 0.5) is 11.4 Å². The van der Waals surface area contributed by atoms with Crippen molar-refractivity contribution in [2.45, 2.75) is 13.8 Å². The number of anilines is 2. The minimum absolute atomic E-state index is 0.0652. The van der Waals surface area contributed by atoms with Crippen molar-refractivity contribution in [3.8, 4) is 11.5 Å². The van der Waals surface area contributed by atoms with E-state index in [0.717, 1.165) is 0 Å². The van der Waals surface area contributed by atoms with Crippen LogP contribution in [0.3, 0.4) is 0 Å². The highest BCUT2D eigenvalue weighted by Crippen LogP contribution is 2.36. The lowest BCUT2D eigenvalue weighted by atomic mass is 10.1. The highest BCUT2D eigenvalue weighted by atomic mass is 35.5. The van der Waals surface area contributed by atoms with Crippen LogP contribution in [0, 0.1) is 0 Å². The Bertz CT molecular complexity index is 968. The summed E-state index contributed by atoms with van der Waals surface area (Å²) in [5.74, 6) is -0.309. The topological polar surface area (TPSA) is 93.7 Å². The largest absolute Gasteiger partial charge is 0.495 e. The third-order valence-corrected chi connectivity index (χ3v) is 4.28. The minimum atomic E-state index is -0.491. The fourth-order valence-electron chi connectivity index (χ4n) is 2.41. The molecule has 0 atom stereocenters. The number of amides is 2. The maximum Gasteiger partial charge on any atom is 0.251 e. The molecule has 0 aliphatic carbocycles. The van der Waals surface area contributed by atoms with Crippen molar-refractivity contribution in [1.29, 1.82) is 0 Å². The van der Waals surface area contributed by atoms with Crippen molar-refractivity contribution in [3.63, 3.8) is 0 Å². The van der Waals surface area contributed by atoms with Gasteiger partial charge in [-0.25, -0.2) is 0 Å². The summed E-state index contributed by atoms with van der Waals surface area (Å²) in [6.45, 7) is 2.97. The molecule has 0 aliphatic heterocycles. The Morgan fingerprint density at radius 3 is 2.10 bits per heavy atom. The number of carbonyl (C=O) groups is 3. The van der Waals surface area contributed by atoms with Crippen LogP contribution < -0.4 is 20.1 Å². The minimum Gasteiger partial charge on any atom is -0.495 e. The molecule has 0 radical (unpaired) electrons. The molecule has 0 aliphatic rings. The van der Waals surface area contributed by atoms with Gasteiger partial charge in [0.25, 0.3) is 5.91 Å². The number of nitrogens with one attached hydrogen (secondary N) is 2. The Labute approximate surface area is 173 Å². The molecule has 0 heterocycles. The molecule has 0 aromatic heterocycles. The highest BCUT2D eigenvalue weighted by Gasteiger charge is 2.14. The van der Waals surface area contributed by atoms with Crippen molar-refractivity contribution < 1.29 is 23.9 Å². The van der Waals surface area contributed by atoms with Crippen LogP contribution in [-0.2, 0) is 9.59 Å². The molecule has 7 nitrogen and oxygen atoms in total. The number of ether oxygens (including phenoxy) is 2. The van der Waals surface area contributed by atoms with Gasteiger partial charge in [0.05, 0.1) is 24.9 Å². The number of hydrogen-bond acceptors (Lipinski definition) is 5. The normalized spacial score (nSPS) is 10.9. The smallest absolute Gasteiger partial charge is 0.251 e. The van der Waals surface area contributed by atoms with Gasteiger partial charge in [-0.15, -0.1) is 0 Å². The molecule has 2 aromatic rings. The van der Waals surface area contributed by atoms with E-state index in [9.17, 15) is 14.4 Å². The Kier molecular flexibility index (Phi) is 7.39. The van der Waals surface area contributed by atoms with Gasteiger partial charge in [-0.2, -0.15) is 0 Å². The molecular formula is C21H21ClN2O5. The summed E-state index contributed by atoms with van der Waals surface area (Å²) in [5, 5.41) is 5.64. The first kappa shape index (κ1) is 22.0. The lowest BCUT2D eigenvalue weighted by molar-refractivity contribution is -0.114. The number of rotatable bonds is 7. The first-order valence-corrected chi connectivity index (χ1v) is 8.96. The van der Waals surface area contributed by atoms with E-state index in [4.69, 9.17) is 21.1 Å². The molecule has 0 saturated heterocycles. The summed E-state index contributed by atoms with van der Waals surface area (Å²) in [5.41, 5.74) is 1.58. The second-order valence-corrected chi connectivity index (χ2v) is 6.50. The Balaban J connectivity index is 2.10. The maximum absolute atomic E-state index is 12.4. The van der Waals surface area contributed by atoms with Crippen LogP contribution in [0.25, 0.3) is 0 Å². The van der Waals surface area contributed by atoms with Gasteiger partial charge in [0, 0.05) is 35.0 Å². The SMILES string of the molecule is COc1cc(NC(=O)/C(C)=C\C(=O)Nc2ccc(C(C)=O)cc2)c(OC)cc1Cl. The van der Waals surface area contributed by atoms with Crippen LogP contribution in [0.5, 0.6) is 11.5 Å². The number of halogens is 1. The third kappa shape index (κ3) is 5.83. The summed E-state index contributed by atoms with van der Waals surface area (Å²) in [7, 11) is 2.90. The average molecular weight is 417 g/mol. The molecular weight excluding hydrogens is 396 g/mol. The van der Waals surface area contributed by atoms with E-state index in [1.807, 2.05) is 0 Å². The van der Waals surface area contributed by atoms with E-state index in [-0.39, 0.29) is 11.4 Å². The van der Waals surface area contributed by atoms with Crippen LogP contribution >= 0.6 is 11.6 Å². The van der Waals surface area contributed by atoms with E-state index in [0.29, 0.717) is 33.5 Å². The van der Waals surface area contributed by atoms with Crippen molar-refractivity contribution >= 4 is 40.6 Å². The molecule has 0 bridgehead atoms. The number of Topliss-reactive ketones (excluding diaryl/α,β-unsaturated/α-hetero) is 1. The van der Waals surface area contributed by atoms with Crippen molar-refractivity contribution in [3.05, 3.63) is 58.6 Å². The Morgan fingerprint density at radius 2 is 1.55 bits per heavy atom. The maximum atomic E-state index is 12.4. The number of carbonyl (C=O) groups excluding carboxylic acids is 3. The zero-order valence-electron chi connectivity index (χ0n) is 16.5. The highest BCUT2D eigenvalue weighted by molar-refractivity contribution is 6.32. The zero-order valence-corrected chi connectivity index (χ0v) is 17.2. The molecule has 29 heavy (non-hydrogen) atoms. The van der Waals surface area contributed by atoms with Crippen LogP contribution in [0.2, 0.25) is 5.02 Å². The molecule has 2 aromatic carbocycles. The Hall–Kier alpha value is -3.32. The number of methoxy groups -OCH3 is 2. The van der Waals surface area contributed by atoms with E-state index in [1.165, 1.54) is 46.3 Å². The lowest BCUT2D eigenvalue weighted by Gasteiger charge is -2.13. The second-order valence-electron chi connectivity index (χ2n) is 6.09. The van der Waals surface area contributed by atoms with E-state index >= 15 is 0 Å².